The van der Waals surface area contributed by atoms with Gasteiger partial charge in [-0.1, -0.05) is 27.7 Å². The Morgan fingerprint density at radius 2 is 2.11 bits per heavy atom. The van der Waals surface area contributed by atoms with Crippen LogP contribution in [-0.4, -0.2) is 26.3 Å². The molecule has 0 aliphatic heterocycles. The molecule has 3 N–H and O–H groups in total. The molecule has 1 aromatic heterocycles. The molecule has 0 fully saturated rings. The van der Waals surface area contributed by atoms with E-state index in [4.69, 9.17) is 5.84 Å². The van der Waals surface area contributed by atoms with Crippen LogP contribution in [0.15, 0.2) is 4.47 Å². The molecule has 0 radical (unpaired) electrons. The summed E-state index contributed by atoms with van der Waals surface area (Å²) in [7, 11) is 1.99. The molecular weight excluding hydrogens is 324 g/mol. The van der Waals surface area contributed by atoms with Crippen LogP contribution in [0.1, 0.15) is 39.1 Å². The van der Waals surface area contributed by atoms with E-state index in [1.54, 1.807) is 0 Å². The van der Waals surface area contributed by atoms with Crippen molar-refractivity contribution >= 4 is 27.7 Å². The first-order valence-electron chi connectivity index (χ1n) is 6.58. The number of aromatic nitrogens is 2. The molecule has 0 aromatic carbocycles. The summed E-state index contributed by atoms with van der Waals surface area (Å²) < 4.78 is 3.33. The molecule has 19 heavy (non-hydrogen) atoms. The van der Waals surface area contributed by atoms with Gasteiger partial charge in [-0.2, -0.15) is 16.9 Å². The zero-order chi connectivity index (χ0) is 14.6. The Kier molecular flexibility index (Phi) is 6.36. The quantitative estimate of drug-likeness (QED) is 0.612. The molecule has 4 nitrogen and oxygen atoms in total. The van der Waals surface area contributed by atoms with E-state index < -0.39 is 0 Å². The topological polar surface area (TPSA) is 55.9 Å². The van der Waals surface area contributed by atoms with Crippen molar-refractivity contribution in [3.8, 4) is 0 Å². The largest absolute Gasteiger partial charge is 0.271 e. The minimum Gasteiger partial charge on any atom is -0.271 e. The number of hydrogen-bond donors (Lipinski definition) is 2. The van der Waals surface area contributed by atoms with E-state index in [0.29, 0.717) is 0 Å². The summed E-state index contributed by atoms with van der Waals surface area (Å²) in [5.74, 6) is 6.67. The Labute approximate surface area is 129 Å². The Morgan fingerprint density at radius 3 is 2.53 bits per heavy atom. The van der Waals surface area contributed by atoms with E-state index >= 15 is 0 Å². The average Bonchev–Trinajstić information content (AvgIpc) is 2.59. The van der Waals surface area contributed by atoms with Gasteiger partial charge >= 0.3 is 0 Å². The molecule has 0 saturated heterocycles. The van der Waals surface area contributed by atoms with Crippen molar-refractivity contribution in [2.45, 2.75) is 51.3 Å². The standard InChI is InChI=1S/C13H25BrN4S/c1-6-10-12(14)11(18(5)17-10)7-9(16-15)8-19-13(2,3)4/h9,16H,6-8,15H2,1-5H3. The number of rotatable bonds is 6. The Balaban J connectivity index is 2.73. The maximum atomic E-state index is 5.68. The maximum absolute atomic E-state index is 5.68. The normalized spacial score (nSPS) is 13.8. The fraction of sp³-hybridized carbons (Fsp3) is 0.769. The van der Waals surface area contributed by atoms with E-state index in [0.717, 1.165) is 28.8 Å². The van der Waals surface area contributed by atoms with E-state index in [-0.39, 0.29) is 10.8 Å². The van der Waals surface area contributed by atoms with Crippen molar-refractivity contribution in [3.63, 3.8) is 0 Å². The van der Waals surface area contributed by atoms with Crippen LogP contribution in [0.2, 0.25) is 0 Å². The maximum Gasteiger partial charge on any atom is 0.0766 e. The van der Waals surface area contributed by atoms with Gasteiger partial charge in [0.25, 0.3) is 0 Å². The highest BCUT2D eigenvalue weighted by molar-refractivity contribution is 9.10. The summed E-state index contributed by atoms with van der Waals surface area (Å²) in [6.45, 7) is 8.78. The molecule has 0 spiro atoms. The van der Waals surface area contributed by atoms with Crippen LogP contribution in [0.3, 0.4) is 0 Å². The van der Waals surface area contributed by atoms with Gasteiger partial charge in [0.15, 0.2) is 0 Å². The van der Waals surface area contributed by atoms with Crippen LogP contribution in [-0.2, 0) is 19.9 Å². The molecule has 0 amide bonds. The van der Waals surface area contributed by atoms with Crippen LogP contribution in [0.5, 0.6) is 0 Å². The van der Waals surface area contributed by atoms with Gasteiger partial charge in [0.05, 0.1) is 15.9 Å². The van der Waals surface area contributed by atoms with Crippen LogP contribution in [0, 0.1) is 0 Å². The Morgan fingerprint density at radius 1 is 1.47 bits per heavy atom. The van der Waals surface area contributed by atoms with E-state index in [9.17, 15) is 0 Å². The third-order valence-electron chi connectivity index (χ3n) is 2.90. The van der Waals surface area contributed by atoms with Gasteiger partial charge in [-0.25, -0.2) is 0 Å². The smallest absolute Gasteiger partial charge is 0.0766 e. The summed E-state index contributed by atoms with van der Waals surface area (Å²) in [4.78, 5) is 0. The van der Waals surface area contributed by atoms with Gasteiger partial charge in [-0.05, 0) is 22.4 Å². The summed E-state index contributed by atoms with van der Waals surface area (Å²) in [6.07, 6.45) is 1.82. The monoisotopic (exact) mass is 348 g/mol. The molecule has 6 heteroatoms. The van der Waals surface area contributed by atoms with E-state index in [2.05, 4.69) is 54.1 Å². The van der Waals surface area contributed by atoms with Crippen molar-refractivity contribution in [1.82, 2.24) is 15.2 Å². The third kappa shape index (κ3) is 5.10. The average molecular weight is 349 g/mol. The molecule has 0 bridgehead atoms. The predicted molar refractivity (Wildman–Crippen MR) is 87.3 cm³/mol. The first kappa shape index (κ1) is 17.0. The highest BCUT2D eigenvalue weighted by atomic mass is 79.9. The zero-order valence-corrected chi connectivity index (χ0v) is 14.9. The third-order valence-corrected chi connectivity index (χ3v) is 5.25. The van der Waals surface area contributed by atoms with Gasteiger partial charge in [-0.15, -0.1) is 0 Å². The van der Waals surface area contributed by atoms with Gasteiger partial charge in [0.2, 0.25) is 0 Å². The van der Waals surface area contributed by atoms with Crippen LogP contribution in [0.4, 0.5) is 0 Å². The number of thioether (sulfide) groups is 1. The highest BCUT2D eigenvalue weighted by Gasteiger charge is 2.19. The van der Waals surface area contributed by atoms with Gasteiger partial charge < -0.3 is 0 Å². The van der Waals surface area contributed by atoms with Gasteiger partial charge in [0.1, 0.15) is 0 Å². The fourth-order valence-electron chi connectivity index (χ4n) is 1.79. The first-order valence-corrected chi connectivity index (χ1v) is 8.36. The lowest BCUT2D eigenvalue weighted by Crippen LogP contribution is -2.40. The molecule has 1 heterocycles. The molecule has 1 rings (SSSR count). The van der Waals surface area contributed by atoms with Crippen LogP contribution < -0.4 is 11.3 Å². The second-order valence-electron chi connectivity index (χ2n) is 5.68. The van der Waals surface area contributed by atoms with Crippen molar-refractivity contribution < 1.29 is 0 Å². The molecule has 0 aliphatic rings. The summed E-state index contributed by atoms with van der Waals surface area (Å²) in [5.41, 5.74) is 5.23. The van der Waals surface area contributed by atoms with Crippen molar-refractivity contribution in [3.05, 3.63) is 15.9 Å². The predicted octanol–water partition coefficient (Wildman–Crippen LogP) is 2.65. The lowest BCUT2D eigenvalue weighted by Gasteiger charge is -2.22. The lowest BCUT2D eigenvalue weighted by molar-refractivity contribution is 0.548. The Hall–Kier alpha value is -0.0400. The van der Waals surface area contributed by atoms with Crippen molar-refractivity contribution in [2.75, 3.05) is 5.75 Å². The number of halogens is 1. The molecule has 1 atom stereocenters. The second kappa shape index (κ2) is 7.11. The number of hydrogen-bond acceptors (Lipinski definition) is 4. The lowest BCUT2D eigenvalue weighted by atomic mass is 10.1. The first-order chi connectivity index (χ1) is 8.78. The van der Waals surface area contributed by atoms with Crippen LogP contribution in [0.25, 0.3) is 0 Å². The van der Waals surface area contributed by atoms with Crippen molar-refractivity contribution in [2.24, 2.45) is 12.9 Å². The minimum absolute atomic E-state index is 0.251. The zero-order valence-electron chi connectivity index (χ0n) is 12.5. The summed E-state index contributed by atoms with van der Waals surface area (Å²) in [6, 6.07) is 0.251. The molecular formula is C13H25BrN4S. The molecule has 0 saturated carbocycles. The van der Waals surface area contributed by atoms with E-state index in [1.165, 1.54) is 5.69 Å². The van der Waals surface area contributed by atoms with Crippen molar-refractivity contribution in [1.29, 1.82) is 0 Å². The molecule has 1 unspecified atom stereocenters. The SMILES string of the molecule is CCc1nn(C)c(CC(CSC(C)(C)C)NN)c1Br. The number of nitrogens with one attached hydrogen (secondary N) is 1. The Bertz CT molecular complexity index is 412. The highest BCUT2D eigenvalue weighted by Crippen LogP contribution is 2.26. The number of aryl methyl sites for hydroxylation is 2. The summed E-state index contributed by atoms with van der Waals surface area (Å²) in [5, 5.41) is 4.52. The molecule has 1 aromatic rings. The molecule has 0 aliphatic carbocycles. The summed E-state index contributed by atoms with van der Waals surface area (Å²) >= 11 is 5.57. The van der Waals surface area contributed by atoms with Gasteiger partial charge in [0, 0.05) is 30.0 Å². The molecule has 110 valence electrons. The van der Waals surface area contributed by atoms with E-state index in [1.807, 2.05) is 23.5 Å². The minimum atomic E-state index is 0.251. The van der Waals surface area contributed by atoms with Gasteiger partial charge in [-0.3, -0.25) is 16.0 Å². The number of hydrazine groups is 1. The number of nitrogens with two attached hydrogens (primary N) is 1. The number of nitrogens with zero attached hydrogens (tertiary/aromatic N) is 2. The van der Waals surface area contributed by atoms with Crippen LogP contribution >= 0.6 is 27.7 Å². The fourth-order valence-corrected chi connectivity index (χ4v) is 3.48. The second-order valence-corrected chi connectivity index (χ2v) is 8.32.